The van der Waals surface area contributed by atoms with Gasteiger partial charge in [0.25, 0.3) is 0 Å². The minimum Gasteiger partial charge on any atom is -0.468 e. The molecule has 2 rings (SSSR count). The summed E-state index contributed by atoms with van der Waals surface area (Å²) in [6, 6.07) is 9.39. The van der Waals surface area contributed by atoms with Gasteiger partial charge in [0.1, 0.15) is 5.76 Å². The number of hydrogen-bond acceptors (Lipinski definition) is 4. The van der Waals surface area contributed by atoms with Crippen LogP contribution in [0.5, 0.6) is 0 Å². The highest BCUT2D eigenvalue weighted by Gasteiger charge is 2.14. The largest absolute Gasteiger partial charge is 0.468 e. The van der Waals surface area contributed by atoms with E-state index in [0.717, 1.165) is 0 Å². The van der Waals surface area contributed by atoms with Crippen molar-refractivity contribution in [2.24, 2.45) is 0 Å². The molecule has 0 radical (unpaired) electrons. The molecule has 2 N–H and O–H groups in total. The summed E-state index contributed by atoms with van der Waals surface area (Å²) in [6.07, 6.45) is 1.47. The molecule has 1 aromatic carbocycles. The number of rotatable bonds is 5. The van der Waals surface area contributed by atoms with E-state index in [1.54, 1.807) is 24.3 Å². The Labute approximate surface area is 116 Å². The molecule has 20 heavy (non-hydrogen) atoms. The molecule has 0 saturated carbocycles. The molecule has 0 fully saturated rings. The predicted molar refractivity (Wildman–Crippen MR) is 73.5 cm³/mol. The van der Waals surface area contributed by atoms with E-state index in [-0.39, 0.29) is 17.3 Å². The van der Waals surface area contributed by atoms with Crippen LogP contribution < -0.4 is 10.0 Å². The topological polar surface area (TPSA) is 88.4 Å². The molecule has 0 atom stereocenters. The summed E-state index contributed by atoms with van der Waals surface area (Å²) < 4.78 is 31.7. The Kier molecular flexibility index (Phi) is 4.21. The maximum Gasteiger partial charge on any atom is 0.241 e. The fourth-order valence-electron chi connectivity index (χ4n) is 1.61. The van der Waals surface area contributed by atoms with Gasteiger partial charge in [-0.15, -0.1) is 0 Å². The minimum absolute atomic E-state index is 0.0691. The molecule has 0 bridgehead atoms. The van der Waals surface area contributed by atoms with E-state index in [1.807, 2.05) is 0 Å². The van der Waals surface area contributed by atoms with E-state index < -0.39 is 10.0 Å². The number of carbonyl (C=O) groups is 1. The average Bonchev–Trinajstić information content (AvgIpc) is 2.89. The van der Waals surface area contributed by atoms with Gasteiger partial charge in [-0.25, -0.2) is 13.1 Å². The first kappa shape index (κ1) is 14.3. The van der Waals surface area contributed by atoms with Gasteiger partial charge in [0.05, 0.1) is 17.7 Å². The zero-order valence-electron chi connectivity index (χ0n) is 10.8. The zero-order valence-corrected chi connectivity index (χ0v) is 11.6. The van der Waals surface area contributed by atoms with E-state index in [2.05, 4.69) is 10.0 Å². The second-order valence-electron chi connectivity index (χ2n) is 4.11. The quantitative estimate of drug-likeness (QED) is 0.878. The number of hydrogen-bond donors (Lipinski definition) is 2. The average molecular weight is 294 g/mol. The Hall–Kier alpha value is -2.12. The maximum atomic E-state index is 12.1. The molecule has 0 saturated heterocycles. The lowest BCUT2D eigenvalue weighted by Gasteiger charge is -2.07. The van der Waals surface area contributed by atoms with Crippen LogP contribution in [-0.4, -0.2) is 14.3 Å². The Morgan fingerprint density at radius 3 is 2.70 bits per heavy atom. The molecular weight excluding hydrogens is 280 g/mol. The van der Waals surface area contributed by atoms with Crippen molar-refractivity contribution < 1.29 is 17.6 Å². The van der Waals surface area contributed by atoms with Gasteiger partial charge in [0.15, 0.2) is 0 Å². The minimum atomic E-state index is -3.66. The summed E-state index contributed by atoms with van der Waals surface area (Å²) in [5.74, 6) is 0.259. The maximum absolute atomic E-state index is 12.1. The van der Waals surface area contributed by atoms with Crippen LogP contribution in [0.4, 0.5) is 5.69 Å². The summed E-state index contributed by atoms with van der Waals surface area (Å²) >= 11 is 0. The Bertz CT molecular complexity index is 693. The molecule has 1 aromatic heterocycles. The Morgan fingerprint density at radius 1 is 1.25 bits per heavy atom. The van der Waals surface area contributed by atoms with Gasteiger partial charge in [-0.3, -0.25) is 4.79 Å². The molecular formula is C13H14N2O4S. The van der Waals surface area contributed by atoms with Gasteiger partial charge in [-0.05, 0) is 30.3 Å². The van der Waals surface area contributed by atoms with Gasteiger partial charge in [0.2, 0.25) is 15.9 Å². The summed E-state index contributed by atoms with van der Waals surface area (Å²) in [5.41, 5.74) is 0.429. The van der Waals surface area contributed by atoms with Crippen molar-refractivity contribution in [1.82, 2.24) is 4.72 Å². The van der Waals surface area contributed by atoms with E-state index in [9.17, 15) is 13.2 Å². The number of benzene rings is 1. The van der Waals surface area contributed by atoms with Crippen molar-refractivity contribution in [1.29, 1.82) is 0 Å². The van der Waals surface area contributed by atoms with Gasteiger partial charge >= 0.3 is 0 Å². The van der Waals surface area contributed by atoms with Crippen LogP contribution >= 0.6 is 0 Å². The molecule has 0 spiro atoms. The molecule has 0 unspecified atom stereocenters. The smallest absolute Gasteiger partial charge is 0.241 e. The van der Waals surface area contributed by atoms with Crippen molar-refractivity contribution in [3.8, 4) is 0 Å². The number of amides is 1. The van der Waals surface area contributed by atoms with Gasteiger partial charge in [-0.1, -0.05) is 6.07 Å². The predicted octanol–water partition coefficient (Wildman–Crippen LogP) is 1.72. The van der Waals surface area contributed by atoms with Crippen molar-refractivity contribution >= 4 is 21.6 Å². The third-order valence-electron chi connectivity index (χ3n) is 2.48. The molecule has 0 aliphatic carbocycles. The summed E-state index contributed by atoms with van der Waals surface area (Å²) in [4.78, 5) is 11.0. The third kappa shape index (κ3) is 3.69. The summed E-state index contributed by atoms with van der Waals surface area (Å²) in [7, 11) is -3.66. The highest BCUT2D eigenvalue weighted by atomic mass is 32.2. The second kappa shape index (κ2) is 5.89. The fraction of sp³-hybridized carbons (Fsp3) is 0.154. The molecule has 1 heterocycles. The van der Waals surface area contributed by atoms with Gasteiger partial charge in [0, 0.05) is 12.6 Å². The van der Waals surface area contributed by atoms with Crippen molar-refractivity contribution in [3.63, 3.8) is 0 Å². The Balaban J connectivity index is 2.14. The first-order chi connectivity index (χ1) is 9.47. The van der Waals surface area contributed by atoms with E-state index in [4.69, 9.17) is 4.42 Å². The van der Waals surface area contributed by atoms with Crippen LogP contribution in [0.2, 0.25) is 0 Å². The number of anilines is 1. The summed E-state index contributed by atoms with van der Waals surface area (Å²) in [6.45, 7) is 1.43. The number of nitrogens with one attached hydrogen (secondary N) is 2. The number of sulfonamides is 1. The first-order valence-electron chi connectivity index (χ1n) is 5.87. The van der Waals surface area contributed by atoms with Crippen LogP contribution in [0.25, 0.3) is 0 Å². The molecule has 6 nitrogen and oxygen atoms in total. The number of furan rings is 1. The van der Waals surface area contributed by atoms with Gasteiger partial charge in [-0.2, -0.15) is 0 Å². The first-order valence-corrected chi connectivity index (χ1v) is 7.35. The van der Waals surface area contributed by atoms with Crippen LogP contribution in [0.3, 0.4) is 0 Å². The normalized spacial score (nSPS) is 11.2. The van der Waals surface area contributed by atoms with E-state index in [0.29, 0.717) is 11.4 Å². The van der Waals surface area contributed by atoms with Crippen LogP contribution in [-0.2, 0) is 21.4 Å². The molecule has 0 aliphatic heterocycles. The van der Waals surface area contributed by atoms with Crippen LogP contribution in [0.1, 0.15) is 12.7 Å². The lowest BCUT2D eigenvalue weighted by molar-refractivity contribution is -0.114. The zero-order chi connectivity index (χ0) is 14.6. The van der Waals surface area contributed by atoms with E-state index in [1.165, 1.54) is 25.3 Å². The van der Waals surface area contributed by atoms with Gasteiger partial charge < -0.3 is 9.73 Å². The van der Waals surface area contributed by atoms with Crippen molar-refractivity contribution in [2.75, 3.05) is 5.32 Å². The molecule has 1 amide bonds. The highest BCUT2D eigenvalue weighted by Crippen LogP contribution is 2.15. The summed E-state index contributed by atoms with van der Waals surface area (Å²) in [5, 5.41) is 2.54. The SMILES string of the molecule is CC(=O)Nc1cccc(S(=O)(=O)NCc2ccco2)c1. The monoisotopic (exact) mass is 294 g/mol. The molecule has 7 heteroatoms. The third-order valence-corrected chi connectivity index (χ3v) is 3.88. The van der Waals surface area contributed by atoms with E-state index >= 15 is 0 Å². The van der Waals surface area contributed by atoms with Crippen LogP contribution in [0.15, 0.2) is 52.0 Å². The molecule has 0 aliphatic rings. The Morgan fingerprint density at radius 2 is 2.05 bits per heavy atom. The highest BCUT2D eigenvalue weighted by molar-refractivity contribution is 7.89. The standard InChI is InChI=1S/C13H14N2O4S/c1-10(16)15-11-4-2-6-13(8-11)20(17,18)14-9-12-5-3-7-19-12/h2-8,14H,9H2,1H3,(H,15,16). The lowest BCUT2D eigenvalue weighted by Crippen LogP contribution is -2.23. The molecule has 106 valence electrons. The van der Waals surface area contributed by atoms with Crippen LogP contribution in [0, 0.1) is 0 Å². The second-order valence-corrected chi connectivity index (χ2v) is 5.88. The number of carbonyl (C=O) groups excluding carboxylic acids is 1. The molecule has 2 aromatic rings. The lowest BCUT2D eigenvalue weighted by atomic mass is 10.3. The van der Waals surface area contributed by atoms with Crippen molar-refractivity contribution in [3.05, 3.63) is 48.4 Å². The van der Waals surface area contributed by atoms with Crippen molar-refractivity contribution in [2.45, 2.75) is 18.4 Å². The fourth-order valence-corrected chi connectivity index (χ4v) is 2.65.